The van der Waals surface area contributed by atoms with E-state index in [4.69, 9.17) is 0 Å². The Labute approximate surface area is 257 Å². The van der Waals surface area contributed by atoms with Gasteiger partial charge in [-0.25, -0.2) is 0 Å². The number of carbonyl (C=O) groups excluding carboxylic acids is 4. The van der Waals surface area contributed by atoms with Crippen LogP contribution in [0.3, 0.4) is 0 Å². The molecule has 3 aliphatic carbocycles. The van der Waals surface area contributed by atoms with Crippen molar-refractivity contribution in [2.24, 2.45) is 22.7 Å². The molecule has 0 radical (unpaired) electrons. The molecular weight excluding hydrogens is 558 g/mol. The SMILES string of the molecule is CCC(=O)NCc1cc(-c2ccccc2)c2c(c1O)C(O)=C1C(=O)[C@]3(O)C(=O)C(C(C)=O)=C(C)[C@@H](C(C)C)[C@]3(C)C[C@]1(C)C2. The van der Waals surface area contributed by atoms with Crippen molar-refractivity contribution in [3.05, 3.63) is 69.8 Å². The molecule has 1 fully saturated rings. The number of carbonyl (C=O) groups is 4. The van der Waals surface area contributed by atoms with E-state index in [1.54, 1.807) is 26.8 Å². The van der Waals surface area contributed by atoms with Crippen molar-refractivity contribution >= 4 is 29.0 Å². The summed E-state index contributed by atoms with van der Waals surface area (Å²) in [6.07, 6.45) is 0.652. The normalized spacial score (nSPS) is 28.1. The summed E-state index contributed by atoms with van der Waals surface area (Å²) in [7, 11) is 0. The van der Waals surface area contributed by atoms with E-state index in [2.05, 4.69) is 5.32 Å². The molecule has 4 atom stereocenters. The summed E-state index contributed by atoms with van der Waals surface area (Å²) in [5.41, 5.74) is -2.05. The van der Waals surface area contributed by atoms with E-state index in [9.17, 15) is 34.5 Å². The maximum absolute atomic E-state index is 14.6. The van der Waals surface area contributed by atoms with Crippen molar-refractivity contribution in [1.82, 2.24) is 5.32 Å². The number of allylic oxidation sites excluding steroid dienone is 1. The van der Waals surface area contributed by atoms with Gasteiger partial charge in [-0.05, 0) is 61.3 Å². The Morgan fingerprint density at radius 3 is 2.27 bits per heavy atom. The molecule has 2 aromatic carbocycles. The van der Waals surface area contributed by atoms with Gasteiger partial charge in [-0.2, -0.15) is 0 Å². The monoisotopic (exact) mass is 599 g/mol. The van der Waals surface area contributed by atoms with E-state index < -0.39 is 45.5 Å². The summed E-state index contributed by atoms with van der Waals surface area (Å²) >= 11 is 0. The number of nitrogens with one attached hydrogen (secondary N) is 1. The predicted molar refractivity (Wildman–Crippen MR) is 166 cm³/mol. The number of hydrogen-bond acceptors (Lipinski definition) is 7. The van der Waals surface area contributed by atoms with E-state index in [1.807, 2.05) is 51.1 Å². The van der Waals surface area contributed by atoms with Crippen LogP contribution in [0.2, 0.25) is 0 Å². The number of fused-ring (bicyclic) bond motifs is 3. The van der Waals surface area contributed by atoms with Crippen LogP contribution in [0.5, 0.6) is 5.75 Å². The number of benzene rings is 2. The first-order chi connectivity index (χ1) is 20.5. The zero-order valence-electron chi connectivity index (χ0n) is 26.4. The highest BCUT2D eigenvalue weighted by atomic mass is 16.3. The fourth-order valence-corrected chi connectivity index (χ4v) is 8.70. The molecule has 2 aromatic rings. The van der Waals surface area contributed by atoms with Crippen molar-refractivity contribution in [2.75, 3.05) is 0 Å². The number of phenolic OH excluding ortho intramolecular Hbond substituents is 1. The lowest BCUT2D eigenvalue weighted by Crippen LogP contribution is -2.70. The second-order valence-corrected chi connectivity index (χ2v) is 13.5. The van der Waals surface area contributed by atoms with Crippen LogP contribution in [0.4, 0.5) is 0 Å². The van der Waals surface area contributed by atoms with E-state index in [-0.39, 0.29) is 60.1 Å². The average Bonchev–Trinajstić information content (AvgIpc) is 2.94. The van der Waals surface area contributed by atoms with E-state index in [0.29, 0.717) is 16.7 Å². The number of rotatable bonds is 6. The first-order valence-corrected chi connectivity index (χ1v) is 15.2. The highest BCUT2D eigenvalue weighted by Crippen LogP contribution is 2.65. The van der Waals surface area contributed by atoms with Gasteiger partial charge in [-0.15, -0.1) is 0 Å². The Bertz CT molecular complexity index is 1680. The summed E-state index contributed by atoms with van der Waals surface area (Å²) in [5.74, 6) is -4.00. The minimum absolute atomic E-state index is 0.0119. The van der Waals surface area contributed by atoms with Gasteiger partial charge in [-0.3, -0.25) is 19.2 Å². The van der Waals surface area contributed by atoms with Crippen LogP contribution in [-0.2, 0) is 32.1 Å². The summed E-state index contributed by atoms with van der Waals surface area (Å²) in [6, 6.07) is 11.3. The number of aliphatic hydroxyl groups excluding tert-OH is 1. The lowest BCUT2D eigenvalue weighted by Gasteiger charge is -2.60. The molecule has 44 heavy (non-hydrogen) atoms. The van der Waals surface area contributed by atoms with Gasteiger partial charge in [0.25, 0.3) is 0 Å². The Kier molecular flexibility index (Phi) is 7.52. The van der Waals surface area contributed by atoms with Gasteiger partial charge in [0.2, 0.25) is 17.5 Å². The first-order valence-electron chi connectivity index (χ1n) is 15.2. The number of Topliss-reactive ketones (excluding diaryl/α,β-unsaturated/α-hetero) is 3. The number of phenols is 1. The van der Waals surface area contributed by atoms with Gasteiger partial charge in [0.15, 0.2) is 11.4 Å². The Hall–Kier alpha value is -4.04. The van der Waals surface area contributed by atoms with Crippen molar-refractivity contribution in [3.8, 4) is 16.9 Å². The molecule has 232 valence electrons. The van der Waals surface area contributed by atoms with Crippen LogP contribution in [0.1, 0.15) is 78.0 Å². The van der Waals surface area contributed by atoms with E-state index in [0.717, 1.165) is 11.1 Å². The van der Waals surface area contributed by atoms with Gasteiger partial charge < -0.3 is 20.6 Å². The average molecular weight is 600 g/mol. The van der Waals surface area contributed by atoms with Gasteiger partial charge in [-0.1, -0.05) is 70.5 Å². The molecule has 0 spiro atoms. The second kappa shape index (κ2) is 10.5. The van der Waals surface area contributed by atoms with Crippen LogP contribution in [-0.4, -0.2) is 44.2 Å². The molecule has 5 rings (SSSR count). The molecule has 0 aliphatic heterocycles. The topological polar surface area (TPSA) is 141 Å². The maximum Gasteiger partial charge on any atom is 0.219 e. The van der Waals surface area contributed by atoms with E-state index >= 15 is 0 Å². The number of amides is 1. The highest BCUT2D eigenvalue weighted by molar-refractivity contribution is 6.33. The molecule has 8 heteroatoms. The minimum atomic E-state index is -2.59. The zero-order chi connectivity index (χ0) is 32.5. The molecule has 1 saturated carbocycles. The minimum Gasteiger partial charge on any atom is -0.507 e. The van der Waals surface area contributed by atoms with Crippen LogP contribution in [0.15, 0.2) is 53.1 Å². The molecule has 0 bridgehead atoms. The summed E-state index contributed by atoms with van der Waals surface area (Å²) < 4.78 is 0. The summed E-state index contributed by atoms with van der Waals surface area (Å²) in [5, 5.41) is 38.6. The number of ketones is 3. The van der Waals surface area contributed by atoms with Crippen molar-refractivity contribution < 1.29 is 34.5 Å². The van der Waals surface area contributed by atoms with Crippen molar-refractivity contribution in [3.63, 3.8) is 0 Å². The largest absolute Gasteiger partial charge is 0.507 e. The fourth-order valence-electron chi connectivity index (χ4n) is 8.70. The molecule has 4 N–H and O–H groups in total. The molecule has 1 amide bonds. The third-order valence-electron chi connectivity index (χ3n) is 10.3. The third-order valence-corrected chi connectivity index (χ3v) is 10.3. The maximum atomic E-state index is 14.6. The summed E-state index contributed by atoms with van der Waals surface area (Å²) in [4.78, 5) is 53.5. The number of aromatic hydroxyl groups is 1. The molecule has 0 unspecified atom stereocenters. The second-order valence-electron chi connectivity index (χ2n) is 13.5. The Balaban J connectivity index is 1.81. The third kappa shape index (κ3) is 4.21. The molecular formula is C36H41NO7. The van der Waals surface area contributed by atoms with Gasteiger partial charge in [0, 0.05) is 34.9 Å². The van der Waals surface area contributed by atoms with Crippen LogP contribution < -0.4 is 5.32 Å². The smallest absolute Gasteiger partial charge is 0.219 e. The van der Waals surface area contributed by atoms with Crippen molar-refractivity contribution in [2.45, 2.75) is 79.9 Å². The van der Waals surface area contributed by atoms with Gasteiger partial charge in [0.1, 0.15) is 11.5 Å². The molecule has 0 heterocycles. The van der Waals surface area contributed by atoms with Crippen molar-refractivity contribution in [1.29, 1.82) is 0 Å². The zero-order valence-corrected chi connectivity index (χ0v) is 26.4. The summed E-state index contributed by atoms with van der Waals surface area (Å²) in [6.45, 7) is 12.2. The van der Waals surface area contributed by atoms with Gasteiger partial charge >= 0.3 is 0 Å². The molecule has 0 saturated heterocycles. The van der Waals surface area contributed by atoms with E-state index in [1.165, 1.54) is 6.92 Å². The molecule has 8 nitrogen and oxygen atoms in total. The number of aliphatic hydroxyl groups is 2. The van der Waals surface area contributed by atoms with Crippen LogP contribution in [0.25, 0.3) is 16.9 Å². The van der Waals surface area contributed by atoms with Crippen LogP contribution >= 0.6 is 0 Å². The highest BCUT2D eigenvalue weighted by Gasteiger charge is 2.72. The number of hydrogen-bond donors (Lipinski definition) is 4. The Morgan fingerprint density at radius 2 is 1.70 bits per heavy atom. The standard InChI is InChI=1S/C36H41NO7/c1-8-25(39)37-16-22-14-23(21-12-10-9-11-13-21)24-15-34(6)17-35(7)28(18(2)3)19(4)26(20(5)38)32(42)36(35,44)33(43)29(34)31(41)27(24)30(22)40/h9-14,18,28,40-41,44H,8,15-17H2,1-7H3,(H,37,39)/t28-,34+,35+,36-/m1/s1. The first kappa shape index (κ1) is 31.4. The Morgan fingerprint density at radius 1 is 1.07 bits per heavy atom. The lowest BCUT2D eigenvalue weighted by atomic mass is 9.42. The lowest BCUT2D eigenvalue weighted by molar-refractivity contribution is -0.180. The quantitative estimate of drug-likeness (QED) is 0.258. The van der Waals surface area contributed by atoms with Gasteiger partial charge in [0.05, 0.1) is 11.1 Å². The predicted octanol–water partition coefficient (Wildman–Crippen LogP) is 5.39. The van der Waals surface area contributed by atoms with Crippen LogP contribution in [0, 0.1) is 22.7 Å². The fraction of sp³-hybridized carbons (Fsp3) is 0.444. The molecule has 0 aromatic heterocycles. The molecule has 3 aliphatic rings.